The molecule has 1 aliphatic rings. The van der Waals surface area contributed by atoms with Crippen LogP contribution in [0.15, 0.2) is 10.9 Å². The third-order valence-electron chi connectivity index (χ3n) is 1.97. The van der Waals surface area contributed by atoms with Crippen molar-refractivity contribution in [1.82, 2.24) is 9.55 Å². The van der Waals surface area contributed by atoms with Gasteiger partial charge in [0.2, 0.25) is 5.95 Å². The molecule has 70 valence electrons. The predicted octanol–water partition coefficient (Wildman–Crippen LogP) is -0.185. The topological polar surface area (TPSA) is 56.2 Å². The summed E-state index contributed by atoms with van der Waals surface area (Å²) in [5.74, 6) is 0.652. The lowest BCUT2D eigenvalue weighted by atomic mass is 10.4. The SMILES string of the molecule is COCc1cc(=O)n2c(n1)NCC2. The van der Waals surface area contributed by atoms with Gasteiger partial charge in [-0.2, -0.15) is 0 Å². The number of hydrogen-bond donors (Lipinski definition) is 1. The van der Waals surface area contributed by atoms with Crippen LogP contribution in [-0.2, 0) is 17.9 Å². The predicted molar refractivity (Wildman–Crippen MR) is 47.7 cm³/mol. The Hall–Kier alpha value is -1.36. The second-order valence-electron chi connectivity index (χ2n) is 2.92. The molecule has 2 rings (SSSR count). The van der Waals surface area contributed by atoms with E-state index in [0.717, 1.165) is 6.54 Å². The summed E-state index contributed by atoms with van der Waals surface area (Å²) in [6.45, 7) is 1.86. The molecule has 0 bridgehead atoms. The molecule has 0 aliphatic carbocycles. The van der Waals surface area contributed by atoms with E-state index < -0.39 is 0 Å². The third-order valence-corrected chi connectivity index (χ3v) is 1.97. The molecule has 2 heterocycles. The van der Waals surface area contributed by atoms with Gasteiger partial charge in [0.05, 0.1) is 12.3 Å². The molecule has 0 unspecified atom stereocenters. The van der Waals surface area contributed by atoms with Crippen LogP contribution in [0, 0.1) is 0 Å². The summed E-state index contributed by atoms with van der Waals surface area (Å²) in [7, 11) is 1.58. The molecular formula is C8H11N3O2. The largest absolute Gasteiger partial charge is 0.378 e. The molecule has 1 aliphatic heterocycles. The summed E-state index contributed by atoms with van der Waals surface area (Å²) in [4.78, 5) is 15.7. The van der Waals surface area contributed by atoms with Crippen LogP contribution >= 0.6 is 0 Å². The molecule has 0 saturated heterocycles. The first-order valence-corrected chi connectivity index (χ1v) is 4.15. The van der Waals surface area contributed by atoms with E-state index in [1.165, 1.54) is 6.07 Å². The highest BCUT2D eigenvalue weighted by molar-refractivity contribution is 5.30. The average molecular weight is 181 g/mol. The Labute approximate surface area is 75.4 Å². The van der Waals surface area contributed by atoms with E-state index >= 15 is 0 Å². The number of fused-ring (bicyclic) bond motifs is 1. The van der Waals surface area contributed by atoms with Gasteiger partial charge < -0.3 is 10.1 Å². The van der Waals surface area contributed by atoms with E-state index in [4.69, 9.17) is 4.74 Å². The Morgan fingerprint density at radius 3 is 3.38 bits per heavy atom. The van der Waals surface area contributed by atoms with Gasteiger partial charge in [-0.15, -0.1) is 0 Å². The smallest absolute Gasteiger partial charge is 0.255 e. The maximum Gasteiger partial charge on any atom is 0.255 e. The van der Waals surface area contributed by atoms with Crippen LogP contribution in [0.1, 0.15) is 5.69 Å². The minimum absolute atomic E-state index is 0.0120. The van der Waals surface area contributed by atoms with Gasteiger partial charge in [0, 0.05) is 26.3 Å². The summed E-state index contributed by atoms with van der Waals surface area (Å²) in [6, 6.07) is 1.51. The molecule has 5 heteroatoms. The van der Waals surface area contributed by atoms with E-state index in [0.29, 0.717) is 24.8 Å². The van der Waals surface area contributed by atoms with Crippen molar-refractivity contribution in [2.24, 2.45) is 0 Å². The zero-order valence-electron chi connectivity index (χ0n) is 7.41. The van der Waals surface area contributed by atoms with E-state index in [2.05, 4.69) is 10.3 Å². The Bertz CT molecular complexity index is 372. The Kier molecular flexibility index (Phi) is 2.02. The van der Waals surface area contributed by atoms with Crippen molar-refractivity contribution in [2.75, 3.05) is 19.0 Å². The van der Waals surface area contributed by atoms with E-state index in [9.17, 15) is 4.79 Å². The maximum absolute atomic E-state index is 11.4. The highest BCUT2D eigenvalue weighted by Gasteiger charge is 2.12. The number of hydrogen-bond acceptors (Lipinski definition) is 4. The van der Waals surface area contributed by atoms with Crippen molar-refractivity contribution in [3.8, 4) is 0 Å². The highest BCUT2D eigenvalue weighted by atomic mass is 16.5. The number of nitrogens with zero attached hydrogens (tertiary/aromatic N) is 2. The van der Waals surface area contributed by atoms with Crippen molar-refractivity contribution in [3.05, 3.63) is 22.1 Å². The molecule has 0 amide bonds. The first kappa shape index (κ1) is 8.25. The number of ether oxygens (including phenoxy) is 1. The average Bonchev–Trinajstić information content (AvgIpc) is 2.53. The standard InChI is InChI=1S/C8H11N3O2/c1-13-5-6-4-7(12)11-3-2-9-8(11)10-6/h4H,2-3,5H2,1H3,(H,9,10). The van der Waals surface area contributed by atoms with Crippen molar-refractivity contribution >= 4 is 5.95 Å². The molecule has 13 heavy (non-hydrogen) atoms. The van der Waals surface area contributed by atoms with Gasteiger partial charge in [-0.25, -0.2) is 4.98 Å². The van der Waals surface area contributed by atoms with E-state index in [-0.39, 0.29) is 5.56 Å². The van der Waals surface area contributed by atoms with Crippen molar-refractivity contribution in [1.29, 1.82) is 0 Å². The van der Waals surface area contributed by atoms with Gasteiger partial charge in [-0.05, 0) is 0 Å². The fourth-order valence-corrected chi connectivity index (χ4v) is 1.41. The molecule has 1 N–H and O–H groups in total. The third kappa shape index (κ3) is 1.42. The van der Waals surface area contributed by atoms with Gasteiger partial charge in [0.15, 0.2) is 0 Å². The van der Waals surface area contributed by atoms with Crippen molar-refractivity contribution < 1.29 is 4.74 Å². The van der Waals surface area contributed by atoms with Gasteiger partial charge in [-0.1, -0.05) is 0 Å². The van der Waals surface area contributed by atoms with Crippen molar-refractivity contribution in [2.45, 2.75) is 13.2 Å². The van der Waals surface area contributed by atoms with Gasteiger partial charge in [0.25, 0.3) is 5.56 Å². The second kappa shape index (κ2) is 3.18. The lowest BCUT2D eigenvalue weighted by molar-refractivity contribution is 0.181. The van der Waals surface area contributed by atoms with Gasteiger partial charge in [-0.3, -0.25) is 9.36 Å². The normalized spacial score (nSPS) is 13.9. The Morgan fingerprint density at radius 1 is 1.77 bits per heavy atom. The molecule has 1 aromatic rings. The lowest BCUT2D eigenvalue weighted by Gasteiger charge is -2.03. The zero-order valence-corrected chi connectivity index (χ0v) is 7.41. The summed E-state index contributed by atoms with van der Waals surface area (Å²) < 4.78 is 6.53. The minimum Gasteiger partial charge on any atom is -0.378 e. The van der Waals surface area contributed by atoms with Crippen LogP contribution in [0.3, 0.4) is 0 Å². The van der Waals surface area contributed by atoms with Crippen LogP contribution < -0.4 is 10.9 Å². The number of methoxy groups -OCH3 is 1. The maximum atomic E-state index is 11.4. The van der Waals surface area contributed by atoms with Crippen LogP contribution in [0.2, 0.25) is 0 Å². The number of nitrogens with one attached hydrogen (secondary N) is 1. The summed E-state index contributed by atoms with van der Waals surface area (Å²) in [6.07, 6.45) is 0. The van der Waals surface area contributed by atoms with Crippen LogP contribution in [0.5, 0.6) is 0 Å². The molecule has 0 saturated carbocycles. The fraction of sp³-hybridized carbons (Fsp3) is 0.500. The second-order valence-corrected chi connectivity index (χ2v) is 2.92. The number of rotatable bonds is 2. The first-order chi connectivity index (χ1) is 6.31. The van der Waals surface area contributed by atoms with Crippen LogP contribution in [0.4, 0.5) is 5.95 Å². The summed E-state index contributed by atoms with van der Waals surface area (Å²) in [5, 5.41) is 3.04. The van der Waals surface area contributed by atoms with Crippen molar-refractivity contribution in [3.63, 3.8) is 0 Å². The van der Waals surface area contributed by atoms with Gasteiger partial charge >= 0.3 is 0 Å². The first-order valence-electron chi connectivity index (χ1n) is 4.15. The van der Waals surface area contributed by atoms with E-state index in [1.54, 1.807) is 11.7 Å². The van der Waals surface area contributed by atoms with Crippen LogP contribution in [-0.4, -0.2) is 23.2 Å². The molecule has 0 atom stereocenters. The number of anilines is 1. The molecular weight excluding hydrogens is 170 g/mol. The molecule has 0 radical (unpaired) electrons. The minimum atomic E-state index is -0.0120. The summed E-state index contributed by atoms with van der Waals surface area (Å²) >= 11 is 0. The van der Waals surface area contributed by atoms with Gasteiger partial charge in [0.1, 0.15) is 0 Å². The fourth-order valence-electron chi connectivity index (χ4n) is 1.41. The van der Waals surface area contributed by atoms with E-state index in [1.807, 2.05) is 0 Å². The Morgan fingerprint density at radius 2 is 2.62 bits per heavy atom. The molecule has 1 aromatic heterocycles. The molecule has 0 fully saturated rings. The molecule has 0 aromatic carbocycles. The number of aromatic nitrogens is 2. The molecule has 0 spiro atoms. The monoisotopic (exact) mass is 181 g/mol. The Balaban J connectivity index is 2.44. The summed E-state index contributed by atoms with van der Waals surface area (Å²) in [5.41, 5.74) is 0.662. The van der Waals surface area contributed by atoms with Crippen LogP contribution in [0.25, 0.3) is 0 Å². The quantitative estimate of drug-likeness (QED) is 0.687. The highest BCUT2D eigenvalue weighted by Crippen LogP contribution is 2.07. The lowest BCUT2D eigenvalue weighted by Crippen LogP contribution is -2.19. The molecule has 5 nitrogen and oxygen atoms in total. The zero-order chi connectivity index (χ0) is 9.26.